The Labute approximate surface area is 169 Å². The van der Waals surface area contributed by atoms with Gasteiger partial charge in [-0.15, -0.1) is 6.58 Å². The van der Waals surface area contributed by atoms with Crippen molar-refractivity contribution < 1.29 is 33.3 Å². The zero-order valence-corrected chi connectivity index (χ0v) is 17.2. The summed E-state index contributed by atoms with van der Waals surface area (Å²) in [4.78, 5) is 37.9. The molecule has 0 aromatic rings. The number of esters is 3. The van der Waals surface area contributed by atoms with Crippen LogP contribution in [0.1, 0.15) is 33.6 Å². The highest BCUT2D eigenvalue weighted by atomic mass is 16.7. The Morgan fingerprint density at radius 1 is 1.34 bits per heavy atom. The molecule has 6 atom stereocenters. The zero-order chi connectivity index (χ0) is 21.2. The average Bonchev–Trinajstić information content (AvgIpc) is 2.79. The number of rotatable bonds is 4. The molecule has 2 fully saturated rings. The summed E-state index contributed by atoms with van der Waals surface area (Å²) in [6.07, 6.45) is 6.57. The second-order valence-corrected chi connectivity index (χ2v) is 8.92. The van der Waals surface area contributed by atoms with Crippen molar-refractivity contribution in [3.63, 3.8) is 0 Å². The van der Waals surface area contributed by atoms with Crippen LogP contribution in [0.5, 0.6) is 0 Å². The maximum atomic E-state index is 13.3. The molecule has 0 amide bonds. The Bertz CT molecular complexity index is 870. The van der Waals surface area contributed by atoms with Crippen molar-refractivity contribution in [1.29, 1.82) is 0 Å². The van der Waals surface area contributed by atoms with E-state index >= 15 is 0 Å². The van der Waals surface area contributed by atoms with E-state index in [0.29, 0.717) is 18.4 Å². The predicted octanol–water partition coefficient (Wildman–Crippen LogP) is 2.67. The Hall–Kier alpha value is -2.57. The maximum absolute atomic E-state index is 13.3. The Balaban J connectivity index is 1.97. The SMILES string of the molecule is C=C[C@]1(C)CCC2[C@](C)(COC(C)=O)[C@@H]3C=C4C=C(OC)OC(=O)[C@@H]1[C@@]42OC3=O. The normalized spacial score (nSPS) is 42.4. The number of carbonyl (C=O) groups excluding carboxylic acids is 3. The van der Waals surface area contributed by atoms with Gasteiger partial charge in [-0.2, -0.15) is 0 Å². The number of ether oxygens (including phenoxy) is 4. The molecule has 3 heterocycles. The van der Waals surface area contributed by atoms with Gasteiger partial charge >= 0.3 is 17.9 Å². The van der Waals surface area contributed by atoms with Gasteiger partial charge in [-0.3, -0.25) is 14.4 Å². The minimum atomic E-state index is -1.22. The van der Waals surface area contributed by atoms with Crippen LogP contribution in [-0.4, -0.2) is 37.2 Å². The minimum absolute atomic E-state index is 0.0699. The number of hydrogen-bond acceptors (Lipinski definition) is 7. The van der Waals surface area contributed by atoms with Gasteiger partial charge in [0.2, 0.25) is 0 Å². The third kappa shape index (κ3) is 2.45. The molecule has 5 aliphatic rings. The van der Waals surface area contributed by atoms with Gasteiger partial charge in [-0.1, -0.05) is 26.0 Å². The molecule has 29 heavy (non-hydrogen) atoms. The predicted molar refractivity (Wildman–Crippen MR) is 101 cm³/mol. The fourth-order valence-corrected chi connectivity index (χ4v) is 5.85. The second kappa shape index (κ2) is 6.21. The average molecular weight is 402 g/mol. The second-order valence-electron chi connectivity index (χ2n) is 8.92. The van der Waals surface area contributed by atoms with Gasteiger partial charge < -0.3 is 18.9 Å². The molecule has 0 aromatic heterocycles. The largest absolute Gasteiger partial charge is 0.468 e. The van der Waals surface area contributed by atoms with Crippen LogP contribution in [0.3, 0.4) is 0 Å². The van der Waals surface area contributed by atoms with Crippen LogP contribution in [0.25, 0.3) is 0 Å². The van der Waals surface area contributed by atoms with E-state index in [4.69, 9.17) is 18.9 Å². The number of cyclic esters (lactones) is 1. The molecule has 2 aliphatic carbocycles. The van der Waals surface area contributed by atoms with Crippen molar-refractivity contribution in [1.82, 2.24) is 0 Å². The topological polar surface area (TPSA) is 88.1 Å². The Kier molecular flexibility index (Phi) is 4.23. The molecule has 1 spiro atoms. The van der Waals surface area contributed by atoms with E-state index in [0.717, 1.165) is 0 Å². The van der Waals surface area contributed by atoms with Crippen molar-refractivity contribution in [3.8, 4) is 0 Å². The molecule has 7 heteroatoms. The van der Waals surface area contributed by atoms with Crippen molar-refractivity contribution in [3.05, 3.63) is 36.3 Å². The van der Waals surface area contributed by atoms with Gasteiger partial charge in [0.15, 0.2) is 5.60 Å². The minimum Gasteiger partial charge on any atom is -0.468 e. The highest BCUT2D eigenvalue weighted by Crippen LogP contribution is 2.67. The van der Waals surface area contributed by atoms with Gasteiger partial charge in [0.1, 0.15) is 5.92 Å². The molecule has 2 bridgehead atoms. The monoisotopic (exact) mass is 402 g/mol. The number of carbonyl (C=O) groups is 3. The summed E-state index contributed by atoms with van der Waals surface area (Å²) < 4.78 is 22.2. The summed E-state index contributed by atoms with van der Waals surface area (Å²) in [7, 11) is 1.43. The molecule has 1 saturated carbocycles. The van der Waals surface area contributed by atoms with Crippen LogP contribution < -0.4 is 0 Å². The lowest BCUT2D eigenvalue weighted by Crippen LogP contribution is -2.71. The van der Waals surface area contributed by atoms with E-state index < -0.39 is 46.2 Å². The highest BCUT2D eigenvalue weighted by Gasteiger charge is 2.74. The van der Waals surface area contributed by atoms with Gasteiger partial charge in [-0.05, 0) is 12.8 Å². The van der Waals surface area contributed by atoms with Crippen LogP contribution in [0.4, 0.5) is 0 Å². The molecular formula is C22H26O7. The molecule has 3 aliphatic heterocycles. The lowest BCUT2D eigenvalue weighted by Gasteiger charge is -2.64. The number of allylic oxidation sites excluding steroid dienone is 1. The Morgan fingerprint density at radius 2 is 2.07 bits per heavy atom. The van der Waals surface area contributed by atoms with Gasteiger partial charge in [0, 0.05) is 35.3 Å². The summed E-state index contributed by atoms with van der Waals surface area (Å²) in [6, 6.07) is 0. The molecular weight excluding hydrogens is 376 g/mol. The highest BCUT2D eigenvalue weighted by molar-refractivity contribution is 5.86. The van der Waals surface area contributed by atoms with E-state index in [-0.39, 0.29) is 18.5 Å². The van der Waals surface area contributed by atoms with Crippen LogP contribution in [0.15, 0.2) is 36.3 Å². The molecule has 5 rings (SSSR count). The summed E-state index contributed by atoms with van der Waals surface area (Å²) in [6.45, 7) is 9.24. The summed E-state index contributed by atoms with van der Waals surface area (Å²) >= 11 is 0. The standard InChI is InChI=1S/C22H26O7/c1-6-20(3)8-7-15-21(4,11-27-12(2)23)14-9-13-10-16(26-5)28-19(25)17(20)22(13,15)29-18(14)24/h6,9-10,14-15,17H,1,7-8,11H2,2-5H3/t14-,15?,17+,20-,21-,22-/m1/s1. The first kappa shape index (κ1) is 19.7. The van der Waals surface area contributed by atoms with Crippen molar-refractivity contribution in [2.45, 2.75) is 39.2 Å². The fourth-order valence-electron chi connectivity index (χ4n) is 5.85. The van der Waals surface area contributed by atoms with E-state index in [2.05, 4.69) is 6.58 Å². The lowest BCUT2D eigenvalue weighted by molar-refractivity contribution is -0.241. The summed E-state index contributed by atoms with van der Waals surface area (Å²) in [5, 5.41) is 0. The molecule has 1 saturated heterocycles. The molecule has 156 valence electrons. The van der Waals surface area contributed by atoms with Crippen LogP contribution in [0.2, 0.25) is 0 Å². The number of methoxy groups -OCH3 is 1. The Morgan fingerprint density at radius 3 is 2.69 bits per heavy atom. The fraction of sp³-hybridized carbons (Fsp3) is 0.591. The van der Waals surface area contributed by atoms with Crippen LogP contribution >= 0.6 is 0 Å². The molecule has 1 unspecified atom stereocenters. The van der Waals surface area contributed by atoms with Crippen molar-refractivity contribution >= 4 is 17.9 Å². The first-order valence-electron chi connectivity index (χ1n) is 9.82. The van der Waals surface area contributed by atoms with E-state index in [9.17, 15) is 14.4 Å². The third-order valence-electron chi connectivity index (χ3n) is 7.37. The maximum Gasteiger partial charge on any atom is 0.322 e. The van der Waals surface area contributed by atoms with Gasteiger partial charge in [0.25, 0.3) is 5.95 Å². The lowest BCUT2D eigenvalue weighted by atomic mass is 9.44. The van der Waals surface area contributed by atoms with E-state index in [1.807, 2.05) is 19.9 Å². The van der Waals surface area contributed by atoms with Crippen molar-refractivity contribution in [2.75, 3.05) is 13.7 Å². The van der Waals surface area contributed by atoms with E-state index in [1.54, 1.807) is 12.2 Å². The molecule has 0 N–H and O–H groups in total. The molecule has 0 aromatic carbocycles. The third-order valence-corrected chi connectivity index (χ3v) is 7.37. The molecule has 7 nitrogen and oxygen atoms in total. The summed E-state index contributed by atoms with van der Waals surface area (Å²) in [5.74, 6) is -2.89. The quantitative estimate of drug-likeness (QED) is 0.406. The van der Waals surface area contributed by atoms with Gasteiger partial charge in [-0.25, -0.2) is 0 Å². The first-order valence-corrected chi connectivity index (χ1v) is 9.82. The molecule has 0 radical (unpaired) electrons. The van der Waals surface area contributed by atoms with Crippen LogP contribution in [-0.2, 0) is 33.3 Å². The van der Waals surface area contributed by atoms with Crippen LogP contribution in [0, 0.1) is 28.6 Å². The number of fused-ring (bicyclic) bond motifs is 1. The first-order chi connectivity index (χ1) is 13.6. The smallest absolute Gasteiger partial charge is 0.322 e. The van der Waals surface area contributed by atoms with Crippen molar-refractivity contribution in [2.24, 2.45) is 28.6 Å². The number of hydrogen-bond donors (Lipinski definition) is 0. The zero-order valence-electron chi connectivity index (χ0n) is 17.2. The summed E-state index contributed by atoms with van der Waals surface area (Å²) in [5.41, 5.74) is -1.86. The van der Waals surface area contributed by atoms with E-state index in [1.165, 1.54) is 14.0 Å². The van der Waals surface area contributed by atoms with Gasteiger partial charge in [0.05, 0.1) is 19.6 Å².